The minimum Gasteiger partial charge on any atom is -0.329 e. The highest BCUT2D eigenvalue weighted by molar-refractivity contribution is 4.88. The van der Waals surface area contributed by atoms with Gasteiger partial charge in [0.05, 0.1) is 0 Å². The Hall–Kier alpha value is -0.120. The monoisotopic (exact) mass is 185 g/mol. The lowest BCUT2D eigenvalue weighted by atomic mass is 9.95. The molecule has 13 heavy (non-hydrogen) atoms. The third-order valence-electron chi connectivity index (χ3n) is 3.47. The van der Waals surface area contributed by atoms with Gasteiger partial charge in [0.1, 0.15) is 0 Å². The number of nitrogens with zero attached hydrogens (tertiary/aromatic N) is 2. The highest BCUT2D eigenvalue weighted by Gasteiger charge is 2.30. The Kier molecular flexibility index (Phi) is 3.71. The van der Waals surface area contributed by atoms with Gasteiger partial charge in [-0.15, -0.1) is 0 Å². The molecule has 1 atom stereocenters. The predicted octanol–water partition coefficient (Wildman–Crippen LogP) is 0.361. The van der Waals surface area contributed by atoms with Gasteiger partial charge in [0.25, 0.3) is 0 Å². The zero-order valence-corrected chi connectivity index (χ0v) is 9.21. The van der Waals surface area contributed by atoms with E-state index in [1.54, 1.807) is 0 Å². The van der Waals surface area contributed by atoms with Crippen molar-refractivity contribution in [2.75, 3.05) is 39.8 Å². The van der Waals surface area contributed by atoms with E-state index >= 15 is 0 Å². The van der Waals surface area contributed by atoms with Crippen LogP contribution in [0.15, 0.2) is 0 Å². The van der Waals surface area contributed by atoms with Gasteiger partial charge in [0, 0.05) is 38.3 Å². The summed E-state index contributed by atoms with van der Waals surface area (Å²) in [5.41, 5.74) is 6.05. The average Bonchev–Trinajstić information content (AvgIpc) is 2.18. The molecule has 0 saturated carbocycles. The van der Waals surface area contributed by atoms with Gasteiger partial charge >= 0.3 is 0 Å². The van der Waals surface area contributed by atoms with Crippen molar-refractivity contribution in [2.45, 2.75) is 25.8 Å². The van der Waals surface area contributed by atoms with Gasteiger partial charge in [0.15, 0.2) is 0 Å². The second kappa shape index (κ2) is 4.40. The lowest BCUT2D eigenvalue weighted by Gasteiger charge is -2.44. The smallest absolute Gasteiger partial charge is 0.0302 e. The molecule has 2 N–H and O–H groups in total. The van der Waals surface area contributed by atoms with Crippen LogP contribution in [0.1, 0.15) is 20.3 Å². The molecule has 0 bridgehead atoms. The first-order valence-electron chi connectivity index (χ1n) is 5.26. The van der Waals surface area contributed by atoms with Crippen molar-refractivity contribution in [3.05, 3.63) is 0 Å². The van der Waals surface area contributed by atoms with Crippen molar-refractivity contribution in [3.63, 3.8) is 0 Å². The maximum Gasteiger partial charge on any atom is 0.0302 e. The van der Waals surface area contributed by atoms with Gasteiger partial charge in [-0.05, 0) is 20.4 Å². The predicted molar refractivity (Wildman–Crippen MR) is 56.8 cm³/mol. The molecule has 1 aliphatic rings. The summed E-state index contributed by atoms with van der Waals surface area (Å²) in [5, 5.41) is 0. The van der Waals surface area contributed by atoms with E-state index in [-0.39, 0.29) is 5.54 Å². The highest BCUT2D eigenvalue weighted by atomic mass is 15.3. The molecule has 0 spiro atoms. The Morgan fingerprint density at radius 2 is 1.77 bits per heavy atom. The Morgan fingerprint density at radius 1 is 1.23 bits per heavy atom. The summed E-state index contributed by atoms with van der Waals surface area (Å²) in [5.74, 6) is 0. The second-order valence-corrected chi connectivity index (χ2v) is 4.34. The SMILES string of the molecule is CCC(C)(CN)N1CCN(C)CC1. The molecule has 78 valence electrons. The molecular formula is C10H23N3. The van der Waals surface area contributed by atoms with Crippen LogP contribution in [-0.4, -0.2) is 55.1 Å². The maximum atomic E-state index is 5.83. The van der Waals surface area contributed by atoms with Crippen LogP contribution < -0.4 is 5.73 Å². The van der Waals surface area contributed by atoms with Crippen molar-refractivity contribution in [1.82, 2.24) is 9.80 Å². The minimum absolute atomic E-state index is 0.223. The zero-order valence-electron chi connectivity index (χ0n) is 9.21. The molecule has 0 aliphatic carbocycles. The number of likely N-dealkylation sites (N-methyl/N-ethyl adjacent to an activating group) is 1. The molecule has 0 amide bonds. The third-order valence-corrected chi connectivity index (χ3v) is 3.47. The van der Waals surface area contributed by atoms with Crippen LogP contribution in [0, 0.1) is 0 Å². The number of piperazine rings is 1. The first-order chi connectivity index (χ1) is 6.12. The molecule has 1 fully saturated rings. The number of hydrogen-bond acceptors (Lipinski definition) is 3. The van der Waals surface area contributed by atoms with Crippen LogP contribution in [0.25, 0.3) is 0 Å². The molecule has 0 aromatic carbocycles. The van der Waals surface area contributed by atoms with Crippen LogP contribution in [-0.2, 0) is 0 Å². The normalized spacial score (nSPS) is 25.8. The van der Waals surface area contributed by atoms with Gasteiger partial charge in [0.2, 0.25) is 0 Å². The van der Waals surface area contributed by atoms with Crippen molar-refractivity contribution in [1.29, 1.82) is 0 Å². The summed E-state index contributed by atoms with van der Waals surface area (Å²) in [6.07, 6.45) is 1.15. The molecule has 0 aromatic rings. The van der Waals surface area contributed by atoms with Crippen molar-refractivity contribution in [2.24, 2.45) is 5.73 Å². The summed E-state index contributed by atoms with van der Waals surface area (Å²) in [6, 6.07) is 0. The summed E-state index contributed by atoms with van der Waals surface area (Å²) in [6.45, 7) is 9.96. The molecule has 0 radical (unpaired) electrons. The Labute approximate surface area is 81.9 Å². The Bertz CT molecular complexity index is 146. The van der Waals surface area contributed by atoms with Gasteiger partial charge in [-0.25, -0.2) is 0 Å². The first-order valence-corrected chi connectivity index (χ1v) is 5.26. The topological polar surface area (TPSA) is 32.5 Å². The van der Waals surface area contributed by atoms with E-state index in [0.29, 0.717) is 0 Å². The summed E-state index contributed by atoms with van der Waals surface area (Å²) >= 11 is 0. The third kappa shape index (κ3) is 2.42. The summed E-state index contributed by atoms with van der Waals surface area (Å²) < 4.78 is 0. The van der Waals surface area contributed by atoms with E-state index in [2.05, 4.69) is 30.7 Å². The largest absolute Gasteiger partial charge is 0.329 e. The lowest BCUT2D eigenvalue weighted by molar-refractivity contribution is 0.0534. The van der Waals surface area contributed by atoms with Crippen LogP contribution in [0.2, 0.25) is 0 Å². The number of rotatable bonds is 3. The van der Waals surface area contributed by atoms with Gasteiger partial charge < -0.3 is 10.6 Å². The zero-order chi connectivity index (χ0) is 9.90. The van der Waals surface area contributed by atoms with Crippen molar-refractivity contribution < 1.29 is 0 Å². The lowest BCUT2D eigenvalue weighted by Crippen LogP contribution is -2.57. The fourth-order valence-corrected chi connectivity index (χ4v) is 1.84. The molecule has 3 heteroatoms. The van der Waals surface area contributed by atoms with Gasteiger partial charge in [-0.3, -0.25) is 4.90 Å². The first kappa shape index (κ1) is 11.0. The Morgan fingerprint density at radius 3 is 2.15 bits per heavy atom. The molecule has 1 aliphatic heterocycles. The van der Waals surface area contributed by atoms with E-state index in [1.165, 1.54) is 13.1 Å². The van der Waals surface area contributed by atoms with Gasteiger partial charge in [-0.1, -0.05) is 6.92 Å². The van der Waals surface area contributed by atoms with Crippen molar-refractivity contribution in [3.8, 4) is 0 Å². The van der Waals surface area contributed by atoms with E-state index in [4.69, 9.17) is 5.73 Å². The van der Waals surface area contributed by atoms with Crippen LogP contribution in [0.4, 0.5) is 0 Å². The number of hydrogen-bond donors (Lipinski definition) is 1. The van der Waals surface area contributed by atoms with Crippen LogP contribution >= 0.6 is 0 Å². The fourth-order valence-electron chi connectivity index (χ4n) is 1.84. The van der Waals surface area contributed by atoms with E-state index < -0.39 is 0 Å². The summed E-state index contributed by atoms with van der Waals surface area (Å²) in [4.78, 5) is 4.91. The van der Waals surface area contributed by atoms with Crippen LogP contribution in [0.3, 0.4) is 0 Å². The van der Waals surface area contributed by atoms with E-state index in [9.17, 15) is 0 Å². The Balaban J connectivity index is 2.51. The highest BCUT2D eigenvalue weighted by Crippen LogP contribution is 2.19. The van der Waals surface area contributed by atoms with Crippen LogP contribution in [0.5, 0.6) is 0 Å². The standard InChI is InChI=1S/C10H23N3/c1-4-10(2,9-11)13-7-5-12(3)6-8-13/h4-9,11H2,1-3H3. The molecular weight excluding hydrogens is 162 g/mol. The molecule has 1 heterocycles. The maximum absolute atomic E-state index is 5.83. The fraction of sp³-hybridized carbons (Fsp3) is 1.00. The molecule has 3 nitrogen and oxygen atoms in total. The molecule has 1 unspecified atom stereocenters. The molecule has 0 aromatic heterocycles. The minimum atomic E-state index is 0.223. The molecule has 1 saturated heterocycles. The quantitative estimate of drug-likeness (QED) is 0.689. The average molecular weight is 185 g/mol. The summed E-state index contributed by atoms with van der Waals surface area (Å²) in [7, 11) is 2.18. The second-order valence-electron chi connectivity index (χ2n) is 4.34. The number of nitrogens with two attached hydrogens (primary N) is 1. The van der Waals surface area contributed by atoms with Gasteiger partial charge in [-0.2, -0.15) is 0 Å². The van der Waals surface area contributed by atoms with E-state index in [1.807, 2.05) is 0 Å². The molecule has 1 rings (SSSR count). The van der Waals surface area contributed by atoms with E-state index in [0.717, 1.165) is 26.1 Å². The van der Waals surface area contributed by atoms with Crippen molar-refractivity contribution >= 4 is 0 Å².